The molecule has 0 aliphatic carbocycles. The highest BCUT2D eigenvalue weighted by Gasteiger charge is 2.14. The van der Waals surface area contributed by atoms with Gasteiger partial charge in [0.05, 0.1) is 11.1 Å². The van der Waals surface area contributed by atoms with E-state index in [1.807, 2.05) is 6.92 Å². The van der Waals surface area contributed by atoms with Gasteiger partial charge >= 0.3 is 18.0 Å². The van der Waals surface area contributed by atoms with Crippen molar-refractivity contribution in [2.24, 2.45) is 0 Å². The quantitative estimate of drug-likeness (QED) is 0.746. The first-order chi connectivity index (χ1) is 9.85. The predicted molar refractivity (Wildman–Crippen MR) is 76.9 cm³/mol. The lowest BCUT2D eigenvalue weighted by Crippen LogP contribution is -2.32. The molecule has 0 bridgehead atoms. The van der Waals surface area contributed by atoms with E-state index in [9.17, 15) is 14.4 Å². The minimum absolute atomic E-state index is 0.139. The van der Waals surface area contributed by atoms with E-state index in [1.54, 1.807) is 7.05 Å². The fourth-order valence-corrected chi connectivity index (χ4v) is 1.66. The van der Waals surface area contributed by atoms with Gasteiger partial charge in [0.15, 0.2) is 0 Å². The van der Waals surface area contributed by atoms with Crippen LogP contribution in [0, 0.1) is 0 Å². The normalized spacial score (nSPS) is 10.0. The van der Waals surface area contributed by atoms with Crippen LogP contribution in [0.15, 0.2) is 18.2 Å². The minimum atomic E-state index is -1.26. The number of aromatic carboxylic acids is 2. The summed E-state index contributed by atoms with van der Waals surface area (Å²) >= 11 is 0. The van der Waals surface area contributed by atoms with Crippen LogP contribution in [0.3, 0.4) is 0 Å². The maximum absolute atomic E-state index is 11.9. The molecule has 7 heteroatoms. The summed E-state index contributed by atoms with van der Waals surface area (Å²) in [5.74, 6) is -2.51. The van der Waals surface area contributed by atoms with Crippen molar-refractivity contribution in [1.82, 2.24) is 4.90 Å². The molecule has 0 heterocycles. The van der Waals surface area contributed by atoms with Crippen LogP contribution >= 0.6 is 0 Å². The number of carboxylic acid groups (broad SMARTS) is 2. The molecule has 1 aromatic carbocycles. The van der Waals surface area contributed by atoms with Gasteiger partial charge in [0, 0.05) is 19.3 Å². The van der Waals surface area contributed by atoms with Crippen LogP contribution in [0.2, 0.25) is 0 Å². The number of hydrogen-bond donors (Lipinski definition) is 3. The lowest BCUT2D eigenvalue weighted by atomic mass is 10.1. The van der Waals surface area contributed by atoms with E-state index < -0.39 is 18.0 Å². The van der Waals surface area contributed by atoms with Crippen molar-refractivity contribution >= 4 is 23.7 Å². The van der Waals surface area contributed by atoms with Crippen molar-refractivity contribution in [3.05, 3.63) is 29.3 Å². The van der Waals surface area contributed by atoms with Crippen LogP contribution in [0.1, 0.15) is 40.5 Å². The number of carbonyl (C=O) groups is 3. The van der Waals surface area contributed by atoms with Crippen LogP contribution in [-0.2, 0) is 0 Å². The fourth-order valence-electron chi connectivity index (χ4n) is 1.66. The maximum atomic E-state index is 11.9. The lowest BCUT2D eigenvalue weighted by molar-refractivity contribution is 0.0696. The van der Waals surface area contributed by atoms with Gasteiger partial charge in [-0.2, -0.15) is 0 Å². The van der Waals surface area contributed by atoms with Gasteiger partial charge in [0.25, 0.3) is 0 Å². The molecule has 0 aliphatic heterocycles. The smallest absolute Gasteiger partial charge is 0.335 e. The average molecular weight is 294 g/mol. The van der Waals surface area contributed by atoms with E-state index in [-0.39, 0.29) is 16.8 Å². The summed E-state index contributed by atoms with van der Waals surface area (Å²) in [6, 6.07) is 3.07. The molecule has 3 N–H and O–H groups in total. The first kappa shape index (κ1) is 16.5. The Labute approximate surface area is 122 Å². The van der Waals surface area contributed by atoms with Gasteiger partial charge in [-0.3, -0.25) is 0 Å². The van der Waals surface area contributed by atoms with Gasteiger partial charge in [-0.05, 0) is 24.6 Å². The Morgan fingerprint density at radius 3 is 2.05 bits per heavy atom. The molecule has 0 aromatic heterocycles. The fraction of sp³-hybridized carbons (Fsp3) is 0.357. The Hall–Kier alpha value is -2.57. The van der Waals surface area contributed by atoms with Crippen LogP contribution in [-0.4, -0.2) is 46.7 Å². The molecule has 0 saturated carbocycles. The number of amides is 2. The third-order valence-electron chi connectivity index (χ3n) is 2.87. The number of nitrogens with zero attached hydrogens (tertiary/aromatic N) is 1. The summed E-state index contributed by atoms with van der Waals surface area (Å²) in [4.78, 5) is 35.3. The second-order valence-corrected chi connectivity index (χ2v) is 4.61. The molecule has 0 atom stereocenters. The van der Waals surface area contributed by atoms with Crippen molar-refractivity contribution in [3.63, 3.8) is 0 Å². The van der Waals surface area contributed by atoms with E-state index in [2.05, 4.69) is 5.32 Å². The molecule has 0 aliphatic rings. The highest BCUT2D eigenvalue weighted by molar-refractivity contribution is 5.98. The van der Waals surface area contributed by atoms with Gasteiger partial charge in [0.1, 0.15) is 0 Å². The number of urea groups is 1. The van der Waals surface area contributed by atoms with Crippen molar-refractivity contribution in [3.8, 4) is 0 Å². The molecule has 114 valence electrons. The van der Waals surface area contributed by atoms with Gasteiger partial charge in [-0.15, -0.1) is 0 Å². The maximum Gasteiger partial charge on any atom is 0.335 e. The number of hydrogen-bond acceptors (Lipinski definition) is 3. The van der Waals surface area contributed by atoms with E-state index in [4.69, 9.17) is 10.2 Å². The summed E-state index contributed by atoms with van der Waals surface area (Å²) in [5.41, 5.74) is -0.247. The molecule has 21 heavy (non-hydrogen) atoms. The average Bonchev–Trinajstić information content (AvgIpc) is 2.44. The molecule has 1 aromatic rings. The zero-order valence-corrected chi connectivity index (χ0v) is 11.9. The van der Waals surface area contributed by atoms with Gasteiger partial charge in [-0.1, -0.05) is 13.3 Å². The molecule has 1 rings (SSSR count). The number of benzene rings is 1. The predicted octanol–water partition coefficient (Wildman–Crippen LogP) is 2.35. The SMILES string of the molecule is CCCCN(C)C(=O)Nc1cc(C(=O)O)cc(C(=O)O)c1. The Bertz CT molecular complexity index is 524. The highest BCUT2D eigenvalue weighted by atomic mass is 16.4. The number of carboxylic acids is 2. The van der Waals surface area contributed by atoms with Crippen molar-refractivity contribution < 1.29 is 24.6 Å². The number of rotatable bonds is 6. The Morgan fingerprint density at radius 2 is 1.62 bits per heavy atom. The number of carbonyl (C=O) groups excluding carboxylic acids is 1. The molecule has 0 saturated heterocycles. The topological polar surface area (TPSA) is 107 Å². The number of nitrogens with one attached hydrogen (secondary N) is 1. The van der Waals surface area contributed by atoms with Crippen LogP contribution in [0.25, 0.3) is 0 Å². The first-order valence-electron chi connectivity index (χ1n) is 6.49. The van der Waals surface area contributed by atoms with Crippen LogP contribution in [0.5, 0.6) is 0 Å². The van der Waals surface area contributed by atoms with Crippen molar-refractivity contribution in [2.45, 2.75) is 19.8 Å². The Balaban J connectivity index is 2.94. The Morgan fingerprint density at radius 1 is 1.10 bits per heavy atom. The zero-order valence-electron chi connectivity index (χ0n) is 11.9. The summed E-state index contributed by atoms with van der Waals surface area (Å²) < 4.78 is 0. The van der Waals surface area contributed by atoms with E-state index in [1.165, 1.54) is 17.0 Å². The van der Waals surface area contributed by atoms with Crippen LogP contribution < -0.4 is 5.32 Å². The molecule has 0 fully saturated rings. The molecule has 0 unspecified atom stereocenters. The first-order valence-corrected chi connectivity index (χ1v) is 6.49. The summed E-state index contributed by atoms with van der Waals surface area (Å²) in [7, 11) is 1.62. The van der Waals surface area contributed by atoms with Crippen molar-refractivity contribution in [1.29, 1.82) is 0 Å². The minimum Gasteiger partial charge on any atom is -0.478 e. The monoisotopic (exact) mass is 294 g/mol. The summed E-state index contributed by atoms with van der Waals surface area (Å²) in [6.07, 6.45) is 1.79. The number of unbranched alkanes of at least 4 members (excludes halogenated alkanes) is 1. The van der Waals surface area contributed by atoms with Gasteiger partial charge < -0.3 is 20.4 Å². The van der Waals surface area contributed by atoms with E-state index in [0.29, 0.717) is 6.54 Å². The second-order valence-electron chi connectivity index (χ2n) is 4.61. The van der Waals surface area contributed by atoms with E-state index in [0.717, 1.165) is 18.9 Å². The third kappa shape index (κ3) is 4.79. The highest BCUT2D eigenvalue weighted by Crippen LogP contribution is 2.16. The Kier molecular flexibility index (Phi) is 5.71. The molecule has 7 nitrogen and oxygen atoms in total. The number of anilines is 1. The van der Waals surface area contributed by atoms with E-state index >= 15 is 0 Å². The lowest BCUT2D eigenvalue weighted by Gasteiger charge is -2.18. The van der Waals surface area contributed by atoms with Crippen LogP contribution in [0.4, 0.5) is 10.5 Å². The molecular weight excluding hydrogens is 276 g/mol. The second kappa shape index (κ2) is 7.28. The van der Waals surface area contributed by atoms with Gasteiger partial charge in [-0.25, -0.2) is 14.4 Å². The molecule has 2 amide bonds. The van der Waals surface area contributed by atoms with Crippen molar-refractivity contribution in [2.75, 3.05) is 18.9 Å². The molecular formula is C14H18N2O5. The third-order valence-corrected chi connectivity index (χ3v) is 2.87. The summed E-state index contributed by atoms with van der Waals surface area (Å²) in [6.45, 7) is 2.56. The summed E-state index contributed by atoms with van der Waals surface area (Å²) in [5, 5.41) is 20.4. The largest absolute Gasteiger partial charge is 0.478 e. The standard InChI is InChI=1S/C14H18N2O5/c1-3-4-5-16(2)14(21)15-11-7-9(12(17)18)6-10(8-11)13(19)20/h6-8H,3-5H2,1-2H3,(H,15,21)(H,17,18)(H,19,20). The molecule has 0 radical (unpaired) electrons. The van der Waals surface area contributed by atoms with Gasteiger partial charge in [0.2, 0.25) is 0 Å². The zero-order chi connectivity index (χ0) is 16.0. The molecule has 0 spiro atoms.